The van der Waals surface area contributed by atoms with Gasteiger partial charge in [0.25, 0.3) is 0 Å². The molecule has 0 radical (unpaired) electrons. The second-order valence-corrected chi connectivity index (χ2v) is 6.13. The molecule has 0 amide bonds. The average molecular weight is 297 g/mol. The highest BCUT2D eigenvalue weighted by molar-refractivity contribution is 6.55. The van der Waals surface area contributed by atoms with E-state index in [-0.39, 0.29) is 6.61 Å². The molecule has 0 aromatic carbocycles. The van der Waals surface area contributed by atoms with Crippen LogP contribution in [0.3, 0.4) is 0 Å². The summed E-state index contributed by atoms with van der Waals surface area (Å²) >= 11 is 5.69. The van der Waals surface area contributed by atoms with Crippen molar-refractivity contribution in [3.05, 3.63) is 28.5 Å². The van der Waals surface area contributed by atoms with E-state index in [1.807, 2.05) is 27.7 Å². The Hall–Kier alpha value is -0.945. The molecule has 5 nitrogen and oxygen atoms in total. The standard InChI is InChI=1S/C13H18BClN2O3/c1-12(2)13(3,4)20-14(19-12)9(8-18)7-10-5-6-11(15)17-16-10/h5-7,18H,8H2,1-4H3. The van der Waals surface area contributed by atoms with Crippen LogP contribution < -0.4 is 0 Å². The monoisotopic (exact) mass is 296 g/mol. The third kappa shape index (κ3) is 3.04. The van der Waals surface area contributed by atoms with Gasteiger partial charge in [0.2, 0.25) is 0 Å². The summed E-state index contributed by atoms with van der Waals surface area (Å²) in [5.74, 6) is 0. The van der Waals surface area contributed by atoms with E-state index in [4.69, 9.17) is 20.9 Å². The van der Waals surface area contributed by atoms with Crippen LogP contribution in [0.25, 0.3) is 6.08 Å². The number of aromatic nitrogens is 2. The van der Waals surface area contributed by atoms with Crippen LogP contribution in [-0.2, 0) is 9.31 Å². The summed E-state index contributed by atoms with van der Waals surface area (Å²) in [6.07, 6.45) is 1.70. The van der Waals surface area contributed by atoms with Gasteiger partial charge in [0.05, 0.1) is 23.5 Å². The zero-order valence-electron chi connectivity index (χ0n) is 12.1. The zero-order valence-corrected chi connectivity index (χ0v) is 12.8. The van der Waals surface area contributed by atoms with Gasteiger partial charge in [-0.2, -0.15) is 0 Å². The Morgan fingerprint density at radius 3 is 2.30 bits per heavy atom. The van der Waals surface area contributed by atoms with Gasteiger partial charge in [-0.1, -0.05) is 11.6 Å². The summed E-state index contributed by atoms with van der Waals surface area (Å²) in [4.78, 5) is 0. The minimum absolute atomic E-state index is 0.179. The predicted octanol–water partition coefficient (Wildman–Crippen LogP) is 2.14. The van der Waals surface area contributed by atoms with Crippen molar-refractivity contribution < 1.29 is 14.4 Å². The molecule has 0 saturated carbocycles. The molecule has 0 bridgehead atoms. The van der Waals surface area contributed by atoms with E-state index < -0.39 is 18.3 Å². The van der Waals surface area contributed by atoms with E-state index in [0.717, 1.165) is 0 Å². The van der Waals surface area contributed by atoms with Crippen molar-refractivity contribution in [2.45, 2.75) is 38.9 Å². The van der Waals surface area contributed by atoms with Crippen molar-refractivity contribution in [3.63, 3.8) is 0 Å². The van der Waals surface area contributed by atoms with Crippen LogP contribution in [0.4, 0.5) is 0 Å². The van der Waals surface area contributed by atoms with Crippen molar-refractivity contribution in [2.24, 2.45) is 0 Å². The molecule has 1 aliphatic rings. The first kappa shape index (κ1) is 15.4. The Bertz CT molecular complexity index is 501. The van der Waals surface area contributed by atoms with Crippen LogP contribution in [-0.4, -0.2) is 40.2 Å². The fourth-order valence-electron chi connectivity index (χ4n) is 1.78. The van der Waals surface area contributed by atoms with Gasteiger partial charge in [0, 0.05) is 0 Å². The van der Waals surface area contributed by atoms with Crippen molar-refractivity contribution >= 4 is 24.8 Å². The molecule has 1 aromatic heterocycles. The van der Waals surface area contributed by atoms with Gasteiger partial charge in [0.1, 0.15) is 0 Å². The van der Waals surface area contributed by atoms with E-state index in [9.17, 15) is 5.11 Å². The summed E-state index contributed by atoms with van der Waals surface area (Å²) in [6, 6.07) is 3.36. The van der Waals surface area contributed by atoms with Gasteiger partial charge in [-0.25, -0.2) is 0 Å². The minimum Gasteiger partial charge on any atom is -0.400 e. The molecular formula is C13H18BClN2O3. The first-order valence-electron chi connectivity index (χ1n) is 6.41. The first-order chi connectivity index (χ1) is 9.25. The van der Waals surface area contributed by atoms with Crippen molar-refractivity contribution in [1.82, 2.24) is 10.2 Å². The summed E-state index contributed by atoms with van der Waals surface area (Å²) < 4.78 is 11.8. The number of rotatable bonds is 3. The van der Waals surface area contributed by atoms with Crippen LogP contribution in [0.2, 0.25) is 5.15 Å². The SMILES string of the molecule is CC1(C)OB(C(=Cc2ccc(Cl)nn2)CO)OC1(C)C. The van der Waals surface area contributed by atoms with Gasteiger partial charge in [-0.05, 0) is 51.4 Å². The topological polar surface area (TPSA) is 64.5 Å². The minimum atomic E-state index is -0.595. The largest absolute Gasteiger partial charge is 0.492 e. The quantitative estimate of drug-likeness (QED) is 0.866. The second-order valence-electron chi connectivity index (χ2n) is 5.75. The lowest BCUT2D eigenvalue weighted by molar-refractivity contribution is 0.00578. The molecule has 7 heteroatoms. The highest BCUT2D eigenvalue weighted by Crippen LogP contribution is 2.38. The molecular weight excluding hydrogens is 278 g/mol. The van der Waals surface area contributed by atoms with Gasteiger partial charge in [0.15, 0.2) is 5.15 Å². The molecule has 2 heterocycles. The summed E-state index contributed by atoms with van der Waals surface area (Å²) in [5.41, 5.74) is 0.295. The molecule has 1 aromatic rings. The summed E-state index contributed by atoms with van der Waals surface area (Å²) in [6.45, 7) is 7.67. The smallest absolute Gasteiger partial charge is 0.400 e. The van der Waals surface area contributed by atoms with E-state index in [2.05, 4.69) is 10.2 Å². The number of nitrogens with zero attached hydrogens (tertiary/aromatic N) is 2. The molecule has 20 heavy (non-hydrogen) atoms. The Labute approximate surface area is 124 Å². The van der Waals surface area contributed by atoms with Crippen LogP contribution in [0.1, 0.15) is 33.4 Å². The molecule has 0 spiro atoms. The molecule has 0 unspecified atom stereocenters. The first-order valence-corrected chi connectivity index (χ1v) is 6.79. The van der Waals surface area contributed by atoms with Crippen molar-refractivity contribution in [2.75, 3.05) is 6.61 Å². The molecule has 0 aliphatic carbocycles. The fourth-order valence-corrected chi connectivity index (χ4v) is 1.88. The van der Waals surface area contributed by atoms with Gasteiger partial charge in [-0.15, -0.1) is 10.2 Å². The van der Waals surface area contributed by atoms with Gasteiger partial charge >= 0.3 is 7.12 Å². The number of aliphatic hydroxyl groups excluding tert-OH is 1. The maximum absolute atomic E-state index is 9.54. The summed E-state index contributed by atoms with van der Waals surface area (Å²) in [7, 11) is -0.595. The van der Waals surface area contributed by atoms with Crippen LogP contribution in [0.5, 0.6) is 0 Å². The highest BCUT2D eigenvalue weighted by Gasteiger charge is 2.52. The number of hydrogen-bond donors (Lipinski definition) is 1. The number of hydrogen-bond acceptors (Lipinski definition) is 5. The van der Waals surface area contributed by atoms with Gasteiger partial charge < -0.3 is 14.4 Å². The third-order valence-corrected chi connectivity index (χ3v) is 3.93. The lowest BCUT2D eigenvalue weighted by atomic mass is 9.78. The maximum Gasteiger partial charge on any atom is 0.492 e. The Morgan fingerprint density at radius 1 is 1.25 bits per heavy atom. The lowest BCUT2D eigenvalue weighted by Gasteiger charge is -2.32. The molecule has 1 saturated heterocycles. The average Bonchev–Trinajstić information content (AvgIpc) is 2.57. The molecule has 1 aliphatic heterocycles. The van der Waals surface area contributed by atoms with Crippen molar-refractivity contribution in [3.8, 4) is 0 Å². The van der Waals surface area contributed by atoms with E-state index in [0.29, 0.717) is 16.3 Å². The second kappa shape index (κ2) is 5.45. The highest BCUT2D eigenvalue weighted by atomic mass is 35.5. The summed E-state index contributed by atoms with van der Waals surface area (Å²) in [5, 5.41) is 17.6. The Balaban J connectivity index is 2.24. The fraction of sp³-hybridized carbons (Fsp3) is 0.538. The zero-order chi connectivity index (χ0) is 15.0. The predicted molar refractivity (Wildman–Crippen MR) is 78.2 cm³/mol. The van der Waals surface area contributed by atoms with Crippen LogP contribution in [0.15, 0.2) is 17.6 Å². The van der Waals surface area contributed by atoms with E-state index in [1.54, 1.807) is 18.2 Å². The van der Waals surface area contributed by atoms with Crippen LogP contribution in [0, 0.1) is 0 Å². The molecule has 1 fully saturated rings. The molecule has 1 N–H and O–H groups in total. The van der Waals surface area contributed by atoms with Crippen molar-refractivity contribution in [1.29, 1.82) is 0 Å². The number of aliphatic hydroxyl groups is 1. The molecule has 2 rings (SSSR count). The Kier molecular flexibility index (Phi) is 4.20. The third-order valence-electron chi connectivity index (χ3n) is 3.72. The van der Waals surface area contributed by atoms with Gasteiger partial charge in [-0.3, -0.25) is 0 Å². The molecule has 0 atom stereocenters. The number of halogens is 1. The lowest BCUT2D eigenvalue weighted by Crippen LogP contribution is -2.41. The Morgan fingerprint density at radius 2 is 1.85 bits per heavy atom. The van der Waals surface area contributed by atoms with E-state index >= 15 is 0 Å². The van der Waals surface area contributed by atoms with Crippen LogP contribution >= 0.6 is 11.6 Å². The maximum atomic E-state index is 9.54. The molecule has 108 valence electrons. The normalized spacial score (nSPS) is 21.3. The van der Waals surface area contributed by atoms with E-state index in [1.165, 1.54) is 0 Å².